The molecule has 1 aromatic heterocycles. The van der Waals surface area contributed by atoms with Crippen LogP contribution >= 0.6 is 0 Å². The Morgan fingerprint density at radius 3 is 3.05 bits per heavy atom. The first kappa shape index (κ1) is 15.5. The van der Waals surface area contributed by atoms with Gasteiger partial charge in [-0.1, -0.05) is 6.42 Å². The van der Waals surface area contributed by atoms with Crippen molar-refractivity contribution in [1.82, 2.24) is 20.4 Å². The first-order valence-corrected chi connectivity index (χ1v) is 8.34. The topological polar surface area (TPSA) is 70.2 Å². The highest BCUT2D eigenvalue weighted by atomic mass is 16.5. The molecule has 0 aromatic carbocycles. The summed E-state index contributed by atoms with van der Waals surface area (Å²) in [6, 6.07) is 0.139. The fourth-order valence-corrected chi connectivity index (χ4v) is 3.29. The summed E-state index contributed by atoms with van der Waals surface area (Å²) < 4.78 is 5.41. The molecule has 6 nitrogen and oxygen atoms in total. The van der Waals surface area contributed by atoms with Crippen LogP contribution in [0, 0.1) is 0 Å². The molecule has 0 bridgehead atoms. The Kier molecular flexibility index (Phi) is 5.10. The number of aromatic nitrogens is 2. The molecule has 122 valence electrons. The molecule has 0 saturated carbocycles. The van der Waals surface area contributed by atoms with Crippen LogP contribution in [0.1, 0.15) is 42.6 Å². The van der Waals surface area contributed by atoms with Gasteiger partial charge in [-0.2, -0.15) is 5.10 Å². The van der Waals surface area contributed by atoms with E-state index in [2.05, 4.69) is 15.5 Å². The molecule has 1 aliphatic carbocycles. The van der Waals surface area contributed by atoms with Gasteiger partial charge >= 0.3 is 0 Å². The molecule has 2 N–H and O–H groups in total. The maximum Gasteiger partial charge on any atom is 0.224 e. The van der Waals surface area contributed by atoms with Crippen molar-refractivity contribution in [3.8, 4) is 0 Å². The fourth-order valence-electron chi connectivity index (χ4n) is 3.29. The molecule has 0 unspecified atom stereocenters. The molecule has 22 heavy (non-hydrogen) atoms. The van der Waals surface area contributed by atoms with E-state index in [1.54, 1.807) is 4.90 Å². The molecular formula is C16H26N4O2. The first-order valence-electron chi connectivity index (χ1n) is 8.34. The Morgan fingerprint density at radius 1 is 1.36 bits per heavy atom. The minimum absolute atomic E-state index is 0.139. The number of rotatable bonds is 4. The van der Waals surface area contributed by atoms with E-state index in [1.165, 1.54) is 30.5 Å². The van der Waals surface area contributed by atoms with Gasteiger partial charge < -0.3 is 15.0 Å². The predicted octanol–water partition coefficient (Wildman–Crippen LogP) is 1.02. The van der Waals surface area contributed by atoms with E-state index in [0.717, 1.165) is 31.7 Å². The molecule has 1 saturated heterocycles. The number of fused-ring (bicyclic) bond motifs is 1. The Balaban J connectivity index is 1.57. The maximum atomic E-state index is 12.4. The third-order valence-electron chi connectivity index (χ3n) is 4.62. The van der Waals surface area contributed by atoms with Crippen LogP contribution in [0.15, 0.2) is 0 Å². The number of hydrogen-bond donors (Lipinski definition) is 2. The molecule has 1 amide bonds. The van der Waals surface area contributed by atoms with Gasteiger partial charge in [0.15, 0.2) is 0 Å². The number of aromatic amines is 1. The van der Waals surface area contributed by atoms with Crippen molar-refractivity contribution in [2.24, 2.45) is 0 Å². The maximum absolute atomic E-state index is 12.4. The van der Waals surface area contributed by atoms with E-state index >= 15 is 0 Å². The van der Waals surface area contributed by atoms with Gasteiger partial charge in [-0.15, -0.1) is 0 Å². The average molecular weight is 306 g/mol. The highest BCUT2D eigenvalue weighted by molar-refractivity contribution is 5.76. The van der Waals surface area contributed by atoms with E-state index in [1.807, 2.05) is 7.05 Å². The number of H-pyrrole nitrogens is 1. The quantitative estimate of drug-likeness (QED) is 0.815. The smallest absolute Gasteiger partial charge is 0.224 e. The summed E-state index contributed by atoms with van der Waals surface area (Å²) in [5.41, 5.74) is 3.66. The normalized spacial score (nSPS) is 22.0. The number of hydrogen-bond acceptors (Lipinski definition) is 4. The highest BCUT2D eigenvalue weighted by Gasteiger charge is 2.22. The van der Waals surface area contributed by atoms with Gasteiger partial charge in [0.1, 0.15) is 0 Å². The number of morpholine rings is 1. The molecule has 2 aliphatic rings. The van der Waals surface area contributed by atoms with Gasteiger partial charge in [0, 0.05) is 31.7 Å². The standard InChI is InChI=1S/C16H26N4O2/c1-20(16(21)9-12-11-22-8-7-17-12)10-15-13-5-3-2-4-6-14(13)18-19-15/h12,17H,2-11H2,1H3,(H,18,19)/t12-/m1/s1. The Hall–Kier alpha value is -1.40. The molecular weight excluding hydrogens is 280 g/mol. The minimum atomic E-state index is 0.139. The van der Waals surface area contributed by atoms with Gasteiger partial charge in [0.2, 0.25) is 5.91 Å². The van der Waals surface area contributed by atoms with E-state index in [0.29, 0.717) is 19.6 Å². The minimum Gasteiger partial charge on any atom is -0.378 e. The molecule has 1 aliphatic heterocycles. The number of carbonyl (C=O) groups is 1. The largest absolute Gasteiger partial charge is 0.378 e. The van der Waals surface area contributed by atoms with Crippen molar-refractivity contribution in [2.45, 2.75) is 51.1 Å². The second-order valence-corrected chi connectivity index (χ2v) is 6.37. The summed E-state index contributed by atoms with van der Waals surface area (Å²) in [6.07, 6.45) is 6.40. The molecule has 1 fully saturated rings. The van der Waals surface area contributed by atoms with Crippen LogP contribution in [-0.4, -0.2) is 53.9 Å². The second-order valence-electron chi connectivity index (χ2n) is 6.37. The average Bonchev–Trinajstić information content (AvgIpc) is 2.76. The van der Waals surface area contributed by atoms with Gasteiger partial charge in [-0.3, -0.25) is 9.89 Å². The Labute approximate surface area is 131 Å². The van der Waals surface area contributed by atoms with Crippen LogP contribution in [0.25, 0.3) is 0 Å². The predicted molar refractivity (Wildman–Crippen MR) is 83.5 cm³/mol. The van der Waals surface area contributed by atoms with Crippen LogP contribution in [0.3, 0.4) is 0 Å². The van der Waals surface area contributed by atoms with Crippen LogP contribution < -0.4 is 5.32 Å². The van der Waals surface area contributed by atoms with Crippen LogP contribution in [-0.2, 0) is 28.9 Å². The van der Waals surface area contributed by atoms with E-state index < -0.39 is 0 Å². The van der Waals surface area contributed by atoms with E-state index in [-0.39, 0.29) is 11.9 Å². The van der Waals surface area contributed by atoms with Crippen molar-refractivity contribution in [3.05, 3.63) is 17.0 Å². The summed E-state index contributed by atoms with van der Waals surface area (Å²) in [6.45, 7) is 2.78. The lowest BCUT2D eigenvalue weighted by molar-refractivity contribution is -0.131. The molecule has 1 aromatic rings. The zero-order chi connectivity index (χ0) is 15.4. The molecule has 6 heteroatoms. The SMILES string of the molecule is CN(Cc1n[nH]c2c1CCCCC2)C(=O)C[C@@H]1COCCN1. The van der Waals surface area contributed by atoms with Crippen molar-refractivity contribution >= 4 is 5.91 Å². The number of aryl methyl sites for hydroxylation is 1. The van der Waals surface area contributed by atoms with Crippen molar-refractivity contribution in [1.29, 1.82) is 0 Å². The lowest BCUT2D eigenvalue weighted by Crippen LogP contribution is -2.44. The van der Waals surface area contributed by atoms with Crippen molar-refractivity contribution in [2.75, 3.05) is 26.8 Å². The zero-order valence-corrected chi connectivity index (χ0v) is 13.4. The summed E-state index contributed by atoms with van der Waals surface area (Å²) in [7, 11) is 1.86. The van der Waals surface area contributed by atoms with E-state index in [9.17, 15) is 4.79 Å². The van der Waals surface area contributed by atoms with E-state index in [4.69, 9.17) is 4.74 Å². The molecule has 2 heterocycles. The van der Waals surface area contributed by atoms with Gasteiger partial charge in [0.05, 0.1) is 25.5 Å². The van der Waals surface area contributed by atoms with Crippen molar-refractivity contribution in [3.63, 3.8) is 0 Å². The molecule has 1 atom stereocenters. The number of nitrogens with zero attached hydrogens (tertiary/aromatic N) is 2. The number of nitrogens with one attached hydrogen (secondary N) is 2. The molecule has 3 rings (SSSR count). The highest BCUT2D eigenvalue weighted by Crippen LogP contribution is 2.22. The van der Waals surface area contributed by atoms with Gasteiger partial charge in [0.25, 0.3) is 0 Å². The zero-order valence-electron chi connectivity index (χ0n) is 13.4. The Morgan fingerprint density at radius 2 is 2.23 bits per heavy atom. The Bertz CT molecular complexity index is 508. The third-order valence-corrected chi connectivity index (χ3v) is 4.62. The second kappa shape index (κ2) is 7.24. The number of amides is 1. The third kappa shape index (κ3) is 3.67. The van der Waals surface area contributed by atoms with Crippen LogP contribution in [0.2, 0.25) is 0 Å². The van der Waals surface area contributed by atoms with Gasteiger partial charge in [-0.05, 0) is 31.2 Å². The lowest BCUT2D eigenvalue weighted by Gasteiger charge is -2.25. The molecule has 0 spiro atoms. The summed E-state index contributed by atoms with van der Waals surface area (Å²) >= 11 is 0. The summed E-state index contributed by atoms with van der Waals surface area (Å²) in [5, 5.41) is 10.9. The molecule has 0 radical (unpaired) electrons. The first-order chi connectivity index (χ1) is 10.7. The van der Waals surface area contributed by atoms with Gasteiger partial charge in [-0.25, -0.2) is 0 Å². The summed E-state index contributed by atoms with van der Waals surface area (Å²) in [5.74, 6) is 0.147. The lowest BCUT2D eigenvalue weighted by atomic mass is 10.1. The number of ether oxygens (including phenoxy) is 1. The fraction of sp³-hybridized carbons (Fsp3) is 0.750. The van der Waals surface area contributed by atoms with Crippen molar-refractivity contribution < 1.29 is 9.53 Å². The van der Waals surface area contributed by atoms with Crippen LogP contribution in [0.5, 0.6) is 0 Å². The summed E-state index contributed by atoms with van der Waals surface area (Å²) in [4.78, 5) is 14.2. The van der Waals surface area contributed by atoms with Crippen LogP contribution in [0.4, 0.5) is 0 Å². The number of carbonyl (C=O) groups excluding carboxylic acids is 1. The monoisotopic (exact) mass is 306 g/mol.